The van der Waals surface area contributed by atoms with Crippen LogP contribution in [-0.4, -0.2) is 5.97 Å². The molecule has 1 heterocycles. The molecule has 1 aromatic carbocycles. The van der Waals surface area contributed by atoms with Gasteiger partial charge < -0.3 is 9.15 Å². The largest absolute Gasteiger partial charge is 0.425 e. The minimum absolute atomic E-state index is 0.399. The molecule has 0 spiro atoms. The van der Waals surface area contributed by atoms with E-state index in [4.69, 9.17) is 9.15 Å². The van der Waals surface area contributed by atoms with Crippen molar-refractivity contribution in [1.82, 2.24) is 0 Å². The molecule has 0 aliphatic heterocycles. The van der Waals surface area contributed by atoms with E-state index in [1.54, 1.807) is 6.07 Å². The van der Waals surface area contributed by atoms with E-state index in [2.05, 4.69) is 6.08 Å². The summed E-state index contributed by atoms with van der Waals surface area (Å²) in [6, 6.07) is 4.99. The molecular formula is C16H15IO4. The van der Waals surface area contributed by atoms with Crippen LogP contribution in [0.1, 0.15) is 26.3 Å². The van der Waals surface area contributed by atoms with Crippen molar-refractivity contribution in [1.29, 1.82) is 0 Å². The molecule has 0 aliphatic carbocycles. The van der Waals surface area contributed by atoms with Gasteiger partial charge in [0.1, 0.15) is 0 Å². The summed E-state index contributed by atoms with van der Waals surface area (Å²) in [6.07, 6.45) is 2.71. The Morgan fingerprint density at radius 3 is 2.67 bits per heavy atom. The summed E-state index contributed by atoms with van der Waals surface area (Å²) in [6.45, 7) is 5.37. The molecule has 21 heavy (non-hydrogen) atoms. The fourth-order valence-corrected chi connectivity index (χ4v) is 2.81. The van der Waals surface area contributed by atoms with E-state index in [0.717, 1.165) is 10.9 Å². The van der Waals surface area contributed by atoms with Gasteiger partial charge in [-0.2, -0.15) is 0 Å². The topological polar surface area (TPSA) is 56.5 Å². The number of fused-ring (bicyclic) bond motifs is 1. The first-order chi connectivity index (χ1) is 9.88. The predicted octanol–water partition coefficient (Wildman–Crippen LogP) is 3.83. The SMILES string of the molecule is CC(=O)Oc1c(CC=C(C)C)cc2ccc(=O)oc2c1I. The van der Waals surface area contributed by atoms with E-state index in [1.165, 1.54) is 18.6 Å². The van der Waals surface area contributed by atoms with E-state index in [0.29, 0.717) is 21.3 Å². The van der Waals surface area contributed by atoms with E-state index < -0.39 is 11.6 Å². The number of carbonyl (C=O) groups is 1. The maximum absolute atomic E-state index is 11.4. The van der Waals surface area contributed by atoms with Gasteiger partial charge in [-0.15, -0.1) is 0 Å². The van der Waals surface area contributed by atoms with Gasteiger partial charge in [0.15, 0.2) is 11.3 Å². The highest BCUT2D eigenvalue weighted by Gasteiger charge is 2.16. The lowest BCUT2D eigenvalue weighted by atomic mass is 10.1. The third-order valence-corrected chi connectivity index (χ3v) is 3.84. The van der Waals surface area contributed by atoms with Crippen molar-refractivity contribution in [3.63, 3.8) is 0 Å². The molecule has 4 nitrogen and oxygen atoms in total. The molecule has 0 fully saturated rings. The zero-order chi connectivity index (χ0) is 15.6. The summed E-state index contributed by atoms with van der Waals surface area (Å²) < 4.78 is 11.2. The highest BCUT2D eigenvalue weighted by molar-refractivity contribution is 14.1. The van der Waals surface area contributed by atoms with Crippen LogP contribution >= 0.6 is 22.6 Å². The molecule has 0 unspecified atom stereocenters. The lowest BCUT2D eigenvalue weighted by molar-refractivity contribution is -0.131. The maximum atomic E-state index is 11.4. The van der Waals surface area contributed by atoms with Crippen LogP contribution in [0.3, 0.4) is 0 Å². The number of hydrogen-bond donors (Lipinski definition) is 0. The van der Waals surface area contributed by atoms with Crippen molar-refractivity contribution in [2.45, 2.75) is 27.2 Å². The third kappa shape index (κ3) is 3.72. The lowest BCUT2D eigenvalue weighted by Gasteiger charge is -2.12. The summed E-state index contributed by atoms with van der Waals surface area (Å²) in [5.74, 6) is 0.0615. The number of benzene rings is 1. The fraction of sp³-hybridized carbons (Fsp3) is 0.250. The summed E-state index contributed by atoms with van der Waals surface area (Å²) in [7, 11) is 0. The van der Waals surface area contributed by atoms with Gasteiger partial charge in [0, 0.05) is 23.9 Å². The van der Waals surface area contributed by atoms with E-state index in [1.807, 2.05) is 42.5 Å². The Labute approximate surface area is 135 Å². The first-order valence-corrected chi connectivity index (χ1v) is 7.53. The van der Waals surface area contributed by atoms with Gasteiger partial charge in [-0.3, -0.25) is 4.79 Å². The van der Waals surface area contributed by atoms with Crippen molar-refractivity contribution < 1.29 is 13.9 Å². The molecule has 0 saturated carbocycles. The maximum Gasteiger partial charge on any atom is 0.336 e. The molecule has 5 heteroatoms. The van der Waals surface area contributed by atoms with Crippen molar-refractivity contribution >= 4 is 39.5 Å². The summed E-state index contributed by atoms with van der Waals surface area (Å²) in [5.41, 5.74) is 2.09. The van der Waals surface area contributed by atoms with Gasteiger partial charge in [-0.05, 0) is 55.0 Å². The number of carbonyl (C=O) groups excluding carboxylic acids is 1. The smallest absolute Gasteiger partial charge is 0.336 e. The van der Waals surface area contributed by atoms with Gasteiger partial charge in [-0.25, -0.2) is 4.79 Å². The van der Waals surface area contributed by atoms with Crippen LogP contribution in [0.15, 0.2) is 39.1 Å². The second-order valence-electron chi connectivity index (χ2n) is 4.93. The fourth-order valence-electron chi connectivity index (χ4n) is 1.93. The normalized spacial score (nSPS) is 10.5. The molecule has 0 aliphatic rings. The van der Waals surface area contributed by atoms with Crippen molar-refractivity contribution in [3.8, 4) is 5.75 Å². The van der Waals surface area contributed by atoms with Gasteiger partial charge in [0.25, 0.3) is 0 Å². The Bertz CT molecular complexity index is 783. The van der Waals surface area contributed by atoms with E-state index in [-0.39, 0.29) is 0 Å². The predicted molar refractivity (Wildman–Crippen MR) is 89.6 cm³/mol. The molecule has 110 valence electrons. The van der Waals surface area contributed by atoms with Crippen LogP contribution in [0.25, 0.3) is 11.0 Å². The molecule has 0 atom stereocenters. The zero-order valence-corrected chi connectivity index (χ0v) is 14.2. The van der Waals surface area contributed by atoms with Gasteiger partial charge in [0.2, 0.25) is 0 Å². The average Bonchev–Trinajstić information content (AvgIpc) is 2.40. The van der Waals surface area contributed by atoms with Crippen LogP contribution in [0.4, 0.5) is 0 Å². The number of ether oxygens (including phenoxy) is 1. The molecule has 0 N–H and O–H groups in total. The third-order valence-electron chi connectivity index (χ3n) is 2.86. The Hall–Kier alpha value is -1.63. The molecule has 1 aromatic heterocycles. The quantitative estimate of drug-likeness (QED) is 0.259. The Balaban J connectivity index is 2.69. The van der Waals surface area contributed by atoms with Crippen LogP contribution in [0.2, 0.25) is 0 Å². The molecule has 2 rings (SSSR count). The van der Waals surface area contributed by atoms with Gasteiger partial charge in [0.05, 0.1) is 3.57 Å². The highest BCUT2D eigenvalue weighted by atomic mass is 127. The Morgan fingerprint density at radius 1 is 1.33 bits per heavy atom. The average molecular weight is 398 g/mol. The second kappa shape index (κ2) is 6.43. The number of rotatable bonds is 3. The standard InChI is InChI=1S/C16H15IO4/c1-9(2)4-5-11-8-12-6-7-13(19)21-16(12)14(17)15(11)20-10(3)18/h4,6-8H,5H2,1-3H3. The zero-order valence-electron chi connectivity index (χ0n) is 12.0. The first-order valence-electron chi connectivity index (χ1n) is 6.45. The van der Waals surface area contributed by atoms with Crippen LogP contribution < -0.4 is 10.4 Å². The molecule has 2 aromatic rings. The number of hydrogen-bond acceptors (Lipinski definition) is 4. The van der Waals surface area contributed by atoms with Crippen LogP contribution in [-0.2, 0) is 11.2 Å². The van der Waals surface area contributed by atoms with Crippen molar-refractivity contribution in [2.24, 2.45) is 0 Å². The van der Waals surface area contributed by atoms with E-state index in [9.17, 15) is 9.59 Å². The minimum Gasteiger partial charge on any atom is -0.425 e. The molecule has 0 saturated heterocycles. The number of esters is 1. The molecular weight excluding hydrogens is 383 g/mol. The highest BCUT2D eigenvalue weighted by Crippen LogP contribution is 2.33. The minimum atomic E-state index is -0.425. The first kappa shape index (κ1) is 15.8. The molecule has 0 radical (unpaired) electrons. The van der Waals surface area contributed by atoms with Crippen LogP contribution in [0.5, 0.6) is 5.75 Å². The Kier molecular flexibility index (Phi) is 4.82. The van der Waals surface area contributed by atoms with Crippen LogP contribution in [0, 0.1) is 3.57 Å². The van der Waals surface area contributed by atoms with Gasteiger partial charge >= 0.3 is 11.6 Å². The lowest BCUT2D eigenvalue weighted by Crippen LogP contribution is -2.07. The van der Waals surface area contributed by atoms with Gasteiger partial charge in [-0.1, -0.05) is 11.6 Å². The van der Waals surface area contributed by atoms with Crippen molar-refractivity contribution in [3.05, 3.63) is 49.4 Å². The Morgan fingerprint density at radius 2 is 2.05 bits per heavy atom. The number of allylic oxidation sites excluding steroid dienone is 2. The monoisotopic (exact) mass is 398 g/mol. The summed E-state index contributed by atoms with van der Waals surface area (Å²) >= 11 is 2.04. The van der Waals surface area contributed by atoms with E-state index >= 15 is 0 Å². The second-order valence-corrected chi connectivity index (χ2v) is 6.01. The van der Waals surface area contributed by atoms with Crippen molar-refractivity contribution in [2.75, 3.05) is 0 Å². The molecule has 0 bridgehead atoms. The summed E-state index contributed by atoms with van der Waals surface area (Å²) in [4.78, 5) is 22.7. The number of halogens is 1. The molecule has 0 amide bonds. The summed E-state index contributed by atoms with van der Waals surface area (Å²) in [5, 5.41) is 0.812.